The van der Waals surface area contributed by atoms with E-state index < -0.39 is 0 Å². The van der Waals surface area contributed by atoms with Gasteiger partial charge in [0, 0.05) is 81.4 Å². The van der Waals surface area contributed by atoms with Crippen LogP contribution in [0.2, 0.25) is 0 Å². The molecular weight excluding hydrogens is 953 g/mol. The molecule has 0 bridgehead atoms. The lowest BCUT2D eigenvalue weighted by molar-refractivity contribution is 0.999. The molecule has 15 rings (SSSR count). The zero-order valence-corrected chi connectivity index (χ0v) is 42.7. The van der Waals surface area contributed by atoms with E-state index in [1.54, 1.807) is 0 Å². The van der Waals surface area contributed by atoms with Crippen molar-refractivity contribution in [3.8, 4) is 77.9 Å². The molecule has 0 saturated heterocycles. The SMILES string of the molecule is C1=C(c2c3ccccc3c(-c3cc(-c4cccnc4)cc(-c4cccnc4)c3)c3ccccc23)c2sc3cc(-c4c5ccccc5c(-c5cc(-c6cccnc6)cc(-c6cccnc6)c5)c5ccccc45)ccc3c2CC1. The van der Waals surface area contributed by atoms with E-state index in [-0.39, 0.29) is 0 Å². The van der Waals surface area contributed by atoms with Gasteiger partial charge in [-0.05, 0) is 200 Å². The first kappa shape index (κ1) is 44.8. The smallest absolute Gasteiger partial charge is 0.0390 e. The Labute approximate surface area is 450 Å². The number of pyridine rings is 4. The molecule has 9 aromatic carbocycles. The predicted molar refractivity (Wildman–Crippen MR) is 323 cm³/mol. The number of allylic oxidation sites excluding steroid dienone is 1. The lowest BCUT2D eigenvalue weighted by atomic mass is 9.82. The Hall–Kier alpha value is -9.68. The Kier molecular flexibility index (Phi) is 10.8. The lowest BCUT2D eigenvalue weighted by Gasteiger charge is -2.22. The molecule has 0 spiro atoms. The summed E-state index contributed by atoms with van der Waals surface area (Å²) in [5.41, 5.74) is 20.1. The largest absolute Gasteiger partial charge is 0.264 e. The summed E-state index contributed by atoms with van der Waals surface area (Å²) in [4.78, 5) is 19.4. The van der Waals surface area contributed by atoms with Crippen LogP contribution < -0.4 is 0 Å². The number of hydrogen-bond donors (Lipinski definition) is 0. The van der Waals surface area contributed by atoms with Gasteiger partial charge in [-0.15, -0.1) is 11.3 Å². The van der Waals surface area contributed by atoms with Gasteiger partial charge in [-0.25, -0.2) is 0 Å². The van der Waals surface area contributed by atoms with E-state index in [2.05, 4.69) is 202 Å². The summed E-state index contributed by atoms with van der Waals surface area (Å²) < 4.78 is 1.31. The van der Waals surface area contributed by atoms with Crippen LogP contribution in [0.4, 0.5) is 0 Å². The first-order chi connectivity index (χ1) is 38.2. The zero-order valence-electron chi connectivity index (χ0n) is 41.9. The molecule has 5 heterocycles. The van der Waals surface area contributed by atoms with Crippen molar-refractivity contribution >= 4 is 70.1 Å². The summed E-state index contributed by atoms with van der Waals surface area (Å²) >= 11 is 1.95. The quantitative estimate of drug-likeness (QED) is 0.142. The van der Waals surface area contributed by atoms with Crippen LogP contribution in [-0.4, -0.2) is 19.9 Å². The fourth-order valence-corrected chi connectivity index (χ4v) is 13.6. The van der Waals surface area contributed by atoms with Gasteiger partial charge in [0.05, 0.1) is 0 Å². The molecule has 77 heavy (non-hydrogen) atoms. The Balaban J connectivity index is 0.898. The molecule has 1 aliphatic carbocycles. The molecule has 0 fully saturated rings. The summed E-state index contributed by atoms with van der Waals surface area (Å²) in [6, 6.07) is 73.8. The van der Waals surface area contributed by atoms with Gasteiger partial charge >= 0.3 is 0 Å². The van der Waals surface area contributed by atoms with Crippen LogP contribution in [0.3, 0.4) is 0 Å². The number of rotatable bonds is 8. The second-order valence-corrected chi connectivity index (χ2v) is 21.1. The van der Waals surface area contributed by atoms with Crippen LogP contribution >= 0.6 is 11.3 Å². The average molecular weight is 999 g/mol. The van der Waals surface area contributed by atoms with Crippen LogP contribution in [0.15, 0.2) is 256 Å². The van der Waals surface area contributed by atoms with E-state index in [1.165, 1.54) is 97.0 Å². The van der Waals surface area contributed by atoms with Gasteiger partial charge in [-0.3, -0.25) is 19.9 Å². The number of benzene rings is 9. The standard InChI is InChI=1S/C72H46N4S/c1-3-20-59-57(18-1)68(58-19-2-4-21-60(58)69(59)54-36-50(46-14-10-30-73-41-46)34-51(37-54)47-15-11-31-74-42-47)45-28-29-56-65-26-9-27-66(72(65)77-67(56)40-45)71-63-24-7-5-22-61(63)70(62-23-6-8-25-64(62)71)55-38-52(48-16-12-32-75-43-48)35-53(39-55)49-17-13-33-76-44-49/h1-8,10-25,27-44H,9,26H2. The maximum atomic E-state index is 4.52. The van der Waals surface area contributed by atoms with Gasteiger partial charge in [0.25, 0.3) is 0 Å². The van der Waals surface area contributed by atoms with Crippen LogP contribution in [-0.2, 0) is 6.42 Å². The van der Waals surface area contributed by atoms with Crippen LogP contribution in [0.1, 0.15) is 22.4 Å². The van der Waals surface area contributed by atoms with Gasteiger partial charge in [-0.2, -0.15) is 0 Å². The highest BCUT2D eigenvalue weighted by Gasteiger charge is 2.26. The van der Waals surface area contributed by atoms with E-state index in [9.17, 15) is 0 Å². The number of hydrogen-bond acceptors (Lipinski definition) is 5. The van der Waals surface area contributed by atoms with E-state index in [0.717, 1.165) is 68.5 Å². The van der Waals surface area contributed by atoms with E-state index in [1.807, 2.05) is 85.2 Å². The second-order valence-electron chi connectivity index (χ2n) is 20.0. The van der Waals surface area contributed by atoms with Crippen LogP contribution in [0.5, 0.6) is 0 Å². The molecule has 360 valence electrons. The first-order valence-electron chi connectivity index (χ1n) is 26.3. The van der Waals surface area contributed by atoms with E-state index in [0.29, 0.717) is 0 Å². The van der Waals surface area contributed by atoms with Crippen LogP contribution in [0.25, 0.3) is 137 Å². The Morgan fingerprint density at radius 2 is 0.636 bits per heavy atom. The third-order valence-corrected chi connectivity index (χ3v) is 16.9. The predicted octanol–water partition coefficient (Wildman–Crippen LogP) is 19.1. The minimum absolute atomic E-state index is 0.975. The average Bonchev–Trinajstić information content (AvgIpc) is 3.91. The highest BCUT2D eigenvalue weighted by Crippen LogP contribution is 2.51. The van der Waals surface area contributed by atoms with Gasteiger partial charge in [0.1, 0.15) is 0 Å². The Morgan fingerprint density at radius 3 is 1.00 bits per heavy atom. The van der Waals surface area contributed by atoms with Crippen LogP contribution in [0, 0.1) is 0 Å². The van der Waals surface area contributed by atoms with E-state index >= 15 is 0 Å². The molecule has 0 N–H and O–H groups in total. The molecule has 0 unspecified atom stereocenters. The fraction of sp³-hybridized carbons (Fsp3) is 0.0278. The van der Waals surface area contributed by atoms with Crippen molar-refractivity contribution in [3.63, 3.8) is 0 Å². The normalized spacial score (nSPS) is 12.4. The lowest BCUT2D eigenvalue weighted by Crippen LogP contribution is -2.00. The zero-order chi connectivity index (χ0) is 50.8. The van der Waals surface area contributed by atoms with Crippen molar-refractivity contribution in [2.75, 3.05) is 0 Å². The molecule has 14 aromatic rings. The number of thiophene rings is 1. The summed E-state index contributed by atoms with van der Waals surface area (Å²) in [7, 11) is 0. The minimum Gasteiger partial charge on any atom is -0.264 e. The molecule has 4 nitrogen and oxygen atoms in total. The molecule has 5 aromatic heterocycles. The van der Waals surface area contributed by atoms with Crippen molar-refractivity contribution in [2.45, 2.75) is 12.8 Å². The van der Waals surface area contributed by atoms with Crippen molar-refractivity contribution < 1.29 is 0 Å². The fourth-order valence-electron chi connectivity index (χ4n) is 12.3. The third-order valence-electron chi connectivity index (χ3n) is 15.6. The van der Waals surface area contributed by atoms with Crippen molar-refractivity contribution in [2.24, 2.45) is 0 Å². The summed E-state index contributed by atoms with van der Waals surface area (Å²) in [5.74, 6) is 0. The number of aryl methyl sites for hydroxylation is 1. The van der Waals surface area contributed by atoms with E-state index in [4.69, 9.17) is 0 Å². The number of nitrogens with zero attached hydrogens (tertiary/aromatic N) is 4. The van der Waals surface area contributed by atoms with Gasteiger partial charge in [0.2, 0.25) is 0 Å². The maximum absolute atomic E-state index is 4.52. The van der Waals surface area contributed by atoms with Gasteiger partial charge in [0.15, 0.2) is 0 Å². The molecule has 0 saturated carbocycles. The molecule has 0 amide bonds. The van der Waals surface area contributed by atoms with Crippen molar-refractivity contribution in [3.05, 3.63) is 272 Å². The molecule has 0 aliphatic heterocycles. The minimum atomic E-state index is 0.975. The van der Waals surface area contributed by atoms with Gasteiger partial charge in [-0.1, -0.05) is 140 Å². The molecule has 0 radical (unpaired) electrons. The number of aromatic nitrogens is 4. The molecule has 1 aliphatic rings. The second kappa shape index (κ2) is 18.6. The summed E-state index contributed by atoms with van der Waals surface area (Å²) in [5, 5.41) is 11.2. The van der Waals surface area contributed by atoms with Gasteiger partial charge < -0.3 is 0 Å². The highest BCUT2D eigenvalue weighted by atomic mass is 32.1. The molecular formula is C72H46N4S. The first-order valence-corrected chi connectivity index (χ1v) is 27.1. The Bertz CT molecular complexity index is 4430. The highest BCUT2D eigenvalue weighted by molar-refractivity contribution is 7.20. The number of fused-ring (bicyclic) bond motifs is 7. The topological polar surface area (TPSA) is 51.6 Å². The third kappa shape index (κ3) is 7.65. The monoisotopic (exact) mass is 998 g/mol. The molecule has 0 atom stereocenters. The van der Waals surface area contributed by atoms with Crippen molar-refractivity contribution in [1.82, 2.24) is 19.9 Å². The summed E-state index contributed by atoms with van der Waals surface area (Å²) in [6.45, 7) is 0. The maximum Gasteiger partial charge on any atom is 0.0390 e. The molecule has 5 heteroatoms. The summed E-state index contributed by atoms with van der Waals surface area (Å²) in [6.07, 6.45) is 19.7. The van der Waals surface area contributed by atoms with Crippen molar-refractivity contribution in [1.29, 1.82) is 0 Å². The Morgan fingerprint density at radius 1 is 0.286 bits per heavy atom.